The fourth-order valence-electron chi connectivity index (χ4n) is 4.08. The lowest BCUT2D eigenvalue weighted by molar-refractivity contribution is 0.0261. The van der Waals surface area contributed by atoms with Gasteiger partial charge in [0.25, 0.3) is 5.91 Å². The van der Waals surface area contributed by atoms with E-state index in [0.717, 1.165) is 26.7 Å². The van der Waals surface area contributed by atoms with Crippen LogP contribution in [-0.4, -0.2) is 33.1 Å². The van der Waals surface area contributed by atoms with Crippen LogP contribution in [0.1, 0.15) is 46.9 Å². The van der Waals surface area contributed by atoms with E-state index >= 15 is 0 Å². The average molecular weight is 536 g/mol. The van der Waals surface area contributed by atoms with Gasteiger partial charge in [0.2, 0.25) is 0 Å². The number of carbonyl (C=O) groups excluding carboxylic acids is 1. The Morgan fingerprint density at radius 1 is 1.14 bits per heavy atom. The van der Waals surface area contributed by atoms with Gasteiger partial charge in [-0.15, -0.1) is 0 Å². The summed E-state index contributed by atoms with van der Waals surface area (Å²) in [7, 11) is 1.65. The Morgan fingerprint density at radius 2 is 1.95 bits per heavy atom. The second-order valence-corrected chi connectivity index (χ2v) is 10.9. The number of hydrogen-bond donors (Lipinski definition) is 3. The largest absolute Gasteiger partial charge is 0.385 e. The number of methoxy groups -OCH3 is 1. The highest BCUT2D eigenvalue weighted by molar-refractivity contribution is 8.01. The second-order valence-electron chi connectivity index (χ2n) is 8.52. The Labute approximate surface area is 224 Å². The second kappa shape index (κ2) is 12.3. The Hall–Kier alpha value is -3.31. The molecule has 0 aliphatic heterocycles. The first-order valence-electron chi connectivity index (χ1n) is 11.8. The average Bonchev–Trinajstić information content (AvgIpc) is 3.33. The van der Waals surface area contributed by atoms with Crippen LogP contribution in [0, 0.1) is 0 Å². The summed E-state index contributed by atoms with van der Waals surface area (Å²) in [5.74, 6) is 0.0536. The summed E-state index contributed by atoms with van der Waals surface area (Å²) < 4.78 is 6.03. The molecule has 3 heterocycles. The zero-order valence-corrected chi connectivity index (χ0v) is 22.3. The zero-order valence-electron chi connectivity index (χ0n) is 20.7. The molecule has 0 fully saturated rings. The molecule has 1 aromatic carbocycles. The van der Waals surface area contributed by atoms with Crippen LogP contribution in [0.25, 0.3) is 0 Å². The Kier molecular flexibility index (Phi) is 8.88. The van der Waals surface area contributed by atoms with Gasteiger partial charge in [-0.25, -0.2) is 9.97 Å². The van der Waals surface area contributed by atoms with E-state index in [1.807, 2.05) is 55.5 Å². The van der Waals surface area contributed by atoms with Crippen molar-refractivity contribution in [3.63, 3.8) is 0 Å². The van der Waals surface area contributed by atoms with Crippen molar-refractivity contribution in [3.05, 3.63) is 89.5 Å². The van der Waals surface area contributed by atoms with Crippen LogP contribution >= 0.6 is 23.1 Å². The molecule has 1 unspecified atom stereocenters. The number of anilines is 2. The van der Waals surface area contributed by atoms with Gasteiger partial charge in [-0.3, -0.25) is 9.78 Å². The molecule has 0 aliphatic rings. The molecule has 0 saturated heterocycles. The molecule has 192 valence electrons. The maximum absolute atomic E-state index is 12.3. The number of pyridine rings is 2. The number of benzene rings is 1. The summed E-state index contributed by atoms with van der Waals surface area (Å²) in [5.41, 5.74) is 7.10. The summed E-state index contributed by atoms with van der Waals surface area (Å²) in [4.78, 5) is 26.2. The van der Waals surface area contributed by atoms with Crippen LogP contribution < -0.4 is 11.1 Å². The zero-order chi connectivity index (χ0) is 26.3. The van der Waals surface area contributed by atoms with Gasteiger partial charge in [-0.1, -0.05) is 72.8 Å². The Balaban J connectivity index is 1.60. The third-order valence-corrected chi connectivity index (χ3v) is 7.87. The molecule has 4 aromatic rings. The van der Waals surface area contributed by atoms with Gasteiger partial charge >= 0.3 is 0 Å². The number of nitrogens with one attached hydrogen (secondary N) is 1. The topological polar surface area (TPSA) is 123 Å². The first-order chi connectivity index (χ1) is 17.9. The molecule has 3 aromatic heterocycles. The molecule has 1 amide bonds. The number of aromatic nitrogens is 3. The predicted molar refractivity (Wildman–Crippen MR) is 146 cm³/mol. The maximum Gasteiger partial charge on any atom is 0.267 e. The van der Waals surface area contributed by atoms with Gasteiger partial charge in [-0.05, 0) is 29.7 Å². The summed E-state index contributed by atoms with van der Waals surface area (Å²) in [6.07, 6.45) is 6.60. The summed E-state index contributed by atoms with van der Waals surface area (Å²) in [5, 5.41) is 15.6. The minimum absolute atomic E-state index is 0.165. The summed E-state index contributed by atoms with van der Waals surface area (Å²) in [6, 6.07) is 15.2. The minimum atomic E-state index is -1.17. The molecule has 4 rings (SSSR count). The molecule has 8 nitrogen and oxygen atoms in total. The van der Waals surface area contributed by atoms with E-state index in [1.165, 1.54) is 23.1 Å². The van der Waals surface area contributed by atoms with Crippen LogP contribution in [0.5, 0.6) is 0 Å². The number of thiazole rings is 1. The van der Waals surface area contributed by atoms with E-state index in [4.69, 9.17) is 10.5 Å². The number of rotatable bonds is 12. The van der Waals surface area contributed by atoms with Crippen molar-refractivity contribution in [2.24, 2.45) is 5.73 Å². The van der Waals surface area contributed by atoms with Gasteiger partial charge in [0.15, 0.2) is 5.13 Å². The van der Waals surface area contributed by atoms with E-state index in [-0.39, 0.29) is 12.1 Å². The van der Waals surface area contributed by atoms with Crippen molar-refractivity contribution in [1.82, 2.24) is 15.0 Å². The quantitative estimate of drug-likeness (QED) is 0.223. The normalized spacial score (nSPS) is 12.7. The molecule has 0 bridgehead atoms. The third-order valence-electron chi connectivity index (χ3n) is 5.76. The number of nitrogens with two attached hydrogens (primary N) is 1. The third kappa shape index (κ3) is 6.72. The first-order valence-corrected chi connectivity index (χ1v) is 13.5. The van der Waals surface area contributed by atoms with Crippen molar-refractivity contribution in [3.8, 4) is 0 Å². The molecule has 0 saturated carbocycles. The number of amides is 1. The number of ether oxygens (including phenoxy) is 1. The van der Waals surface area contributed by atoms with Gasteiger partial charge in [0.1, 0.15) is 11.5 Å². The number of primary amides is 1. The molecule has 1 atom stereocenters. The molecule has 10 heteroatoms. The summed E-state index contributed by atoms with van der Waals surface area (Å²) in [6.45, 7) is 2.53. The highest BCUT2D eigenvalue weighted by atomic mass is 32.2. The molecule has 37 heavy (non-hydrogen) atoms. The standard InChI is InChI=1S/C27H29N5O3S2/c1-3-12-27(34,19-7-5-4-6-8-19)14-20-21(11-13-29-24(20)25(28)33)36-23-16-31-26(37-23)32-22-10-9-18(15-30-22)17-35-2/h4-11,13,15-16,34H,3,12,14,17H2,1-2H3,(H2,28,33)(H,30,31,32). The molecule has 0 aliphatic carbocycles. The molecule has 0 radical (unpaired) electrons. The van der Waals surface area contributed by atoms with Crippen LogP contribution in [0.2, 0.25) is 0 Å². The molecular weight excluding hydrogens is 506 g/mol. The van der Waals surface area contributed by atoms with E-state index < -0.39 is 11.5 Å². The fraction of sp³-hybridized carbons (Fsp3) is 0.259. The lowest BCUT2D eigenvalue weighted by atomic mass is 9.83. The highest BCUT2D eigenvalue weighted by Crippen LogP contribution is 2.40. The smallest absolute Gasteiger partial charge is 0.267 e. The number of carbonyl (C=O) groups is 1. The van der Waals surface area contributed by atoms with E-state index in [1.54, 1.807) is 25.7 Å². The van der Waals surface area contributed by atoms with E-state index in [9.17, 15) is 9.90 Å². The number of hydrogen-bond acceptors (Lipinski definition) is 9. The molecular formula is C27H29N5O3S2. The SMILES string of the molecule is CCCC(O)(Cc1c(Sc2cnc(Nc3ccc(COC)cn3)s2)ccnc1C(N)=O)c1ccccc1. The van der Waals surface area contributed by atoms with Gasteiger partial charge < -0.3 is 20.9 Å². The summed E-state index contributed by atoms with van der Waals surface area (Å²) >= 11 is 2.92. The van der Waals surface area contributed by atoms with Crippen LogP contribution in [0.15, 0.2) is 76.2 Å². The molecule has 4 N–H and O–H groups in total. The first kappa shape index (κ1) is 26.7. The minimum Gasteiger partial charge on any atom is -0.385 e. The van der Waals surface area contributed by atoms with Crippen LogP contribution in [0.3, 0.4) is 0 Å². The van der Waals surface area contributed by atoms with Gasteiger partial charge in [0, 0.05) is 36.4 Å². The van der Waals surface area contributed by atoms with Crippen LogP contribution in [-0.2, 0) is 23.4 Å². The van der Waals surface area contributed by atoms with Crippen molar-refractivity contribution >= 4 is 40.0 Å². The number of nitrogens with zero attached hydrogens (tertiary/aromatic N) is 3. The van der Waals surface area contributed by atoms with Gasteiger partial charge in [0.05, 0.1) is 22.6 Å². The van der Waals surface area contributed by atoms with Crippen molar-refractivity contribution in [1.29, 1.82) is 0 Å². The Bertz CT molecular complexity index is 1330. The fourth-order valence-corrected chi connectivity index (χ4v) is 6.05. The monoisotopic (exact) mass is 535 g/mol. The van der Waals surface area contributed by atoms with Crippen molar-refractivity contribution < 1.29 is 14.6 Å². The van der Waals surface area contributed by atoms with Gasteiger partial charge in [-0.2, -0.15) is 0 Å². The maximum atomic E-state index is 12.3. The van der Waals surface area contributed by atoms with E-state index in [2.05, 4.69) is 20.3 Å². The Morgan fingerprint density at radius 3 is 2.62 bits per heavy atom. The lowest BCUT2D eigenvalue weighted by Gasteiger charge is -2.30. The van der Waals surface area contributed by atoms with Crippen molar-refractivity contribution in [2.75, 3.05) is 12.4 Å². The van der Waals surface area contributed by atoms with Crippen LogP contribution in [0.4, 0.5) is 10.9 Å². The predicted octanol–water partition coefficient (Wildman–Crippen LogP) is 5.30. The highest BCUT2D eigenvalue weighted by Gasteiger charge is 2.32. The van der Waals surface area contributed by atoms with Crippen molar-refractivity contribution in [2.45, 2.75) is 47.5 Å². The number of aliphatic hydroxyl groups is 1. The lowest BCUT2D eigenvalue weighted by Crippen LogP contribution is -2.30. The molecule has 0 spiro atoms. The van der Waals surface area contributed by atoms with E-state index in [0.29, 0.717) is 29.5 Å².